The summed E-state index contributed by atoms with van der Waals surface area (Å²) < 4.78 is 4.58. The van der Waals surface area contributed by atoms with Crippen molar-refractivity contribution in [3.05, 3.63) is 41.7 Å². The standard InChI is InChI=1S/C26H35N5OS/c32-24(29-26-14-20-10-21(15-26)12-22(11-20)16-26)27-17-19-6-8-31(9-7-19)25-28-23(30-33-25)13-18-4-2-1-3-5-18/h1-5,19-22H,6-17H2,(H2,27,29,32). The molecule has 2 N–H and O–H groups in total. The van der Waals surface area contributed by atoms with Gasteiger partial charge in [0.1, 0.15) is 5.82 Å². The van der Waals surface area contributed by atoms with Crippen LogP contribution in [0.4, 0.5) is 9.93 Å². The monoisotopic (exact) mass is 465 g/mol. The maximum absolute atomic E-state index is 12.8. The zero-order valence-corrected chi connectivity index (χ0v) is 20.2. The summed E-state index contributed by atoms with van der Waals surface area (Å²) in [7, 11) is 0. The Hall–Kier alpha value is -2.15. The summed E-state index contributed by atoms with van der Waals surface area (Å²) in [6.45, 7) is 2.76. The lowest BCUT2D eigenvalue weighted by Gasteiger charge is -2.56. The highest BCUT2D eigenvalue weighted by Gasteiger charge is 2.51. The summed E-state index contributed by atoms with van der Waals surface area (Å²) >= 11 is 1.51. The van der Waals surface area contributed by atoms with Gasteiger partial charge in [-0.25, -0.2) is 9.78 Å². The Morgan fingerprint density at radius 3 is 2.36 bits per heavy atom. The highest BCUT2D eigenvalue weighted by atomic mass is 32.1. The molecule has 0 atom stereocenters. The van der Waals surface area contributed by atoms with Gasteiger partial charge < -0.3 is 15.5 Å². The number of carbonyl (C=O) groups excluding carboxylic acids is 1. The van der Waals surface area contributed by atoms with E-state index in [9.17, 15) is 4.79 Å². The number of nitrogens with zero attached hydrogens (tertiary/aromatic N) is 3. The third-order valence-corrected chi connectivity index (χ3v) is 9.33. The first-order valence-electron chi connectivity index (χ1n) is 12.8. The van der Waals surface area contributed by atoms with Crippen LogP contribution in [0.15, 0.2) is 30.3 Å². The molecule has 33 heavy (non-hydrogen) atoms. The lowest BCUT2D eigenvalue weighted by atomic mass is 9.53. The molecule has 0 spiro atoms. The number of benzene rings is 1. The van der Waals surface area contributed by atoms with Crippen molar-refractivity contribution in [3.63, 3.8) is 0 Å². The largest absolute Gasteiger partial charge is 0.347 e. The summed E-state index contributed by atoms with van der Waals surface area (Å²) in [4.78, 5) is 19.9. The zero-order chi connectivity index (χ0) is 22.3. The maximum atomic E-state index is 12.8. The second-order valence-electron chi connectivity index (χ2n) is 11.1. The van der Waals surface area contributed by atoms with Gasteiger partial charge in [-0.2, -0.15) is 4.37 Å². The number of carbonyl (C=O) groups is 1. The van der Waals surface area contributed by atoms with Gasteiger partial charge in [-0.3, -0.25) is 0 Å². The van der Waals surface area contributed by atoms with Gasteiger partial charge in [0.05, 0.1) is 0 Å². The summed E-state index contributed by atoms with van der Waals surface area (Å²) in [6, 6.07) is 10.5. The van der Waals surface area contributed by atoms with E-state index in [0.717, 1.165) is 67.6 Å². The van der Waals surface area contributed by atoms with Gasteiger partial charge in [-0.05, 0) is 80.6 Å². The van der Waals surface area contributed by atoms with E-state index in [1.54, 1.807) is 0 Å². The van der Waals surface area contributed by atoms with Crippen molar-refractivity contribution < 1.29 is 4.79 Å². The quantitative estimate of drug-likeness (QED) is 0.653. The molecule has 2 heterocycles. The number of urea groups is 1. The molecule has 1 aliphatic heterocycles. The van der Waals surface area contributed by atoms with Gasteiger partial charge in [0.2, 0.25) is 5.13 Å². The van der Waals surface area contributed by atoms with Crippen molar-refractivity contribution in [2.24, 2.45) is 23.7 Å². The van der Waals surface area contributed by atoms with Crippen LogP contribution in [0.5, 0.6) is 0 Å². The minimum absolute atomic E-state index is 0.0639. The molecule has 7 rings (SSSR count). The molecule has 2 amide bonds. The summed E-state index contributed by atoms with van der Waals surface area (Å²) in [5.41, 5.74) is 1.34. The highest BCUT2D eigenvalue weighted by Crippen LogP contribution is 2.55. The van der Waals surface area contributed by atoms with Gasteiger partial charge in [0.25, 0.3) is 0 Å². The van der Waals surface area contributed by atoms with Crippen molar-refractivity contribution in [2.75, 3.05) is 24.5 Å². The number of anilines is 1. The summed E-state index contributed by atoms with van der Waals surface area (Å²) in [5.74, 6) is 4.02. The molecule has 1 saturated heterocycles. The number of amides is 2. The molecule has 5 fully saturated rings. The van der Waals surface area contributed by atoms with Crippen LogP contribution in [-0.2, 0) is 6.42 Å². The Balaban J connectivity index is 0.953. The zero-order valence-electron chi connectivity index (χ0n) is 19.3. The van der Waals surface area contributed by atoms with Gasteiger partial charge in [-0.15, -0.1) is 0 Å². The van der Waals surface area contributed by atoms with Gasteiger partial charge in [0.15, 0.2) is 0 Å². The predicted molar refractivity (Wildman–Crippen MR) is 132 cm³/mol. The molecule has 6 nitrogen and oxygen atoms in total. The molecule has 4 aliphatic carbocycles. The average Bonchev–Trinajstić information content (AvgIpc) is 3.26. The van der Waals surface area contributed by atoms with E-state index < -0.39 is 0 Å². The van der Waals surface area contributed by atoms with E-state index in [0.29, 0.717) is 5.92 Å². The molecule has 1 aromatic carbocycles. The van der Waals surface area contributed by atoms with E-state index in [-0.39, 0.29) is 11.6 Å². The average molecular weight is 466 g/mol. The van der Waals surface area contributed by atoms with Crippen LogP contribution in [0.25, 0.3) is 0 Å². The molecular formula is C26H35N5OS. The first-order valence-corrected chi connectivity index (χ1v) is 13.6. The van der Waals surface area contributed by atoms with Crippen LogP contribution in [0.1, 0.15) is 62.8 Å². The van der Waals surface area contributed by atoms with E-state index in [4.69, 9.17) is 4.98 Å². The molecule has 0 unspecified atom stereocenters. The van der Waals surface area contributed by atoms with E-state index in [1.807, 2.05) is 6.07 Å². The molecule has 4 saturated carbocycles. The highest BCUT2D eigenvalue weighted by molar-refractivity contribution is 7.09. The van der Waals surface area contributed by atoms with Crippen molar-refractivity contribution in [3.8, 4) is 0 Å². The van der Waals surface area contributed by atoms with Gasteiger partial charge >= 0.3 is 6.03 Å². The number of piperidine rings is 1. The second kappa shape index (κ2) is 8.90. The third kappa shape index (κ3) is 4.75. The fourth-order valence-corrected chi connectivity index (χ4v) is 8.07. The van der Waals surface area contributed by atoms with Gasteiger partial charge in [0, 0.05) is 43.1 Å². The number of hydrogen-bond donors (Lipinski definition) is 2. The van der Waals surface area contributed by atoms with Crippen LogP contribution in [0.2, 0.25) is 0 Å². The number of hydrogen-bond acceptors (Lipinski definition) is 5. The van der Waals surface area contributed by atoms with Crippen LogP contribution < -0.4 is 15.5 Å². The van der Waals surface area contributed by atoms with E-state index in [1.165, 1.54) is 55.6 Å². The maximum Gasteiger partial charge on any atom is 0.315 e. The minimum Gasteiger partial charge on any atom is -0.347 e. The lowest BCUT2D eigenvalue weighted by Crippen LogP contribution is -2.61. The van der Waals surface area contributed by atoms with Gasteiger partial charge in [-0.1, -0.05) is 30.3 Å². The van der Waals surface area contributed by atoms with Crippen molar-refractivity contribution in [1.29, 1.82) is 0 Å². The first kappa shape index (κ1) is 21.4. The molecule has 4 bridgehead atoms. The Bertz CT molecular complexity index is 933. The smallest absolute Gasteiger partial charge is 0.315 e. The van der Waals surface area contributed by atoms with E-state index >= 15 is 0 Å². The Morgan fingerprint density at radius 2 is 1.70 bits per heavy atom. The SMILES string of the molecule is O=C(NCC1CCN(c2nc(Cc3ccccc3)ns2)CC1)NC12CC3CC(CC(C3)C1)C2. The van der Waals surface area contributed by atoms with E-state index in [2.05, 4.69) is 44.2 Å². The fraction of sp³-hybridized carbons (Fsp3) is 0.654. The molecular weight excluding hydrogens is 430 g/mol. The Kier molecular flexibility index (Phi) is 5.76. The molecule has 176 valence electrons. The van der Waals surface area contributed by atoms with Crippen LogP contribution in [0.3, 0.4) is 0 Å². The molecule has 2 aromatic rings. The topological polar surface area (TPSA) is 70.2 Å². The first-order chi connectivity index (χ1) is 16.1. The van der Waals surface area contributed by atoms with Crippen LogP contribution in [0, 0.1) is 23.7 Å². The predicted octanol–water partition coefficient (Wildman–Crippen LogP) is 4.61. The number of rotatable bonds is 6. The Labute approximate surface area is 200 Å². The lowest BCUT2D eigenvalue weighted by molar-refractivity contribution is -0.0135. The molecule has 1 aromatic heterocycles. The van der Waals surface area contributed by atoms with Crippen molar-refractivity contribution >= 4 is 22.7 Å². The normalized spacial score (nSPS) is 31.0. The minimum atomic E-state index is 0.0639. The summed E-state index contributed by atoms with van der Waals surface area (Å²) in [5, 5.41) is 7.70. The van der Waals surface area contributed by atoms with Crippen molar-refractivity contribution in [2.45, 2.75) is 63.3 Å². The van der Waals surface area contributed by atoms with Crippen LogP contribution in [-0.4, -0.2) is 40.6 Å². The second-order valence-corrected chi connectivity index (χ2v) is 11.8. The summed E-state index contributed by atoms with van der Waals surface area (Å²) in [6.07, 6.45) is 10.8. The van der Waals surface area contributed by atoms with Crippen LogP contribution >= 0.6 is 11.5 Å². The van der Waals surface area contributed by atoms with Crippen molar-refractivity contribution in [1.82, 2.24) is 20.0 Å². The third-order valence-electron chi connectivity index (χ3n) is 8.52. The fourth-order valence-electron chi connectivity index (χ4n) is 7.34. The molecule has 0 radical (unpaired) electrons. The number of aromatic nitrogens is 2. The molecule has 5 aliphatic rings. The molecule has 7 heteroatoms. The Morgan fingerprint density at radius 1 is 1.03 bits per heavy atom. The number of nitrogens with one attached hydrogen (secondary N) is 2.